The van der Waals surface area contributed by atoms with E-state index >= 15 is 0 Å². The first-order valence-electron chi connectivity index (χ1n) is 7.86. The summed E-state index contributed by atoms with van der Waals surface area (Å²) in [6.45, 7) is 0.921. The van der Waals surface area contributed by atoms with Crippen LogP contribution in [0.25, 0.3) is 0 Å². The molecule has 10 heteroatoms. The fourth-order valence-electron chi connectivity index (χ4n) is 2.54. The molecule has 0 aromatic carbocycles. The summed E-state index contributed by atoms with van der Waals surface area (Å²) < 4.78 is 23.5. The minimum atomic E-state index is -2.60. The molecule has 23 heavy (non-hydrogen) atoms. The monoisotopic (exact) mass is 341 g/mol. The summed E-state index contributed by atoms with van der Waals surface area (Å²) in [6.07, 6.45) is -16.8. The van der Waals surface area contributed by atoms with Gasteiger partial charge in [0.15, 0.2) is 12.6 Å². The van der Waals surface area contributed by atoms with Crippen LogP contribution in [0.3, 0.4) is 0 Å². The number of hydrogen-bond acceptors (Lipinski definition) is 10. The highest BCUT2D eigenvalue weighted by Crippen LogP contribution is 2.28. The largest absolute Gasteiger partial charge is 0.394 e. The molecule has 2 fully saturated rings. The molecule has 2 heterocycles. The van der Waals surface area contributed by atoms with E-state index in [9.17, 15) is 30.6 Å². The fourth-order valence-corrected chi connectivity index (χ4v) is 2.54. The zero-order valence-corrected chi connectivity index (χ0v) is 12.5. The molecule has 2 saturated heterocycles. The maximum atomic E-state index is 9.99. The number of rotatable bonds is 4. The van der Waals surface area contributed by atoms with Crippen LogP contribution in [0.1, 0.15) is 14.7 Å². The van der Waals surface area contributed by atoms with Crippen molar-refractivity contribution >= 4 is 0 Å². The van der Waals surface area contributed by atoms with Crippen LogP contribution in [0.4, 0.5) is 0 Å². The third kappa shape index (κ3) is 3.66. The van der Waals surface area contributed by atoms with Gasteiger partial charge in [-0.2, -0.15) is 0 Å². The molecule has 4 unspecified atom stereocenters. The summed E-state index contributed by atoms with van der Waals surface area (Å²) in [5.41, 5.74) is 0. The Kier molecular flexibility index (Phi) is 5.80. The molecule has 0 amide bonds. The van der Waals surface area contributed by atoms with E-state index in [1.165, 1.54) is 0 Å². The number of aliphatic hydroxyl groups excluding tert-OH is 7. The van der Waals surface area contributed by atoms with Gasteiger partial charge >= 0.3 is 0 Å². The molecule has 2 aliphatic heterocycles. The molecular formula is C13H24O10. The Balaban J connectivity index is 2.18. The fraction of sp³-hybridized carbons (Fsp3) is 1.00. The summed E-state index contributed by atoms with van der Waals surface area (Å²) in [6, 6.07) is 0. The molecule has 2 aliphatic rings. The van der Waals surface area contributed by atoms with Gasteiger partial charge in [-0.25, -0.2) is 0 Å². The Morgan fingerprint density at radius 2 is 1.39 bits per heavy atom. The van der Waals surface area contributed by atoms with Gasteiger partial charge < -0.3 is 50.0 Å². The Bertz CT molecular complexity index is 424. The van der Waals surface area contributed by atoms with Crippen LogP contribution < -0.4 is 0 Å². The highest BCUT2D eigenvalue weighted by Gasteiger charge is 2.49. The molecule has 2 rings (SSSR count). The molecule has 0 saturated carbocycles. The maximum Gasteiger partial charge on any atom is 0.189 e. The molecule has 7 N–H and O–H groups in total. The van der Waals surface area contributed by atoms with Gasteiger partial charge in [0.1, 0.15) is 42.7 Å². The van der Waals surface area contributed by atoms with Crippen molar-refractivity contribution in [2.45, 2.75) is 74.7 Å². The highest BCUT2D eigenvalue weighted by atomic mass is 16.8. The summed E-state index contributed by atoms with van der Waals surface area (Å²) >= 11 is 0. The van der Waals surface area contributed by atoms with Gasteiger partial charge in [0.2, 0.25) is 0 Å². The average molecular weight is 341 g/mol. The second kappa shape index (κ2) is 7.66. The van der Waals surface area contributed by atoms with Crippen molar-refractivity contribution < 1.29 is 51.3 Å². The number of hydrogen-bond donors (Lipinski definition) is 7. The zero-order chi connectivity index (χ0) is 18.2. The zero-order valence-electron chi connectivity index (χ0n) is 13.5. The SMILES string of the molecule is [2H][C@@]1(O[C@@H]2OC(CO)[C@@H](O)[C@H](O)C2O)O[C@H](CC)[C@@H](O)C(O)C1O. The average Bonchev–Trinajstić information content (AvgIpc) is 2.57. The first kappa shape index (κ1) is 17.4. The van der Waals surface area contributed by atoms with Crippen molar-refractivity contribution in [3.05, 3.63) is 0 Å². The molecule has 0 aliphatic carbocycles. The minimum absolute atomic E-state index is 0.198. The van der Waals surface area contributed by atoms with Crippen LogP contribution in [0, 0.1) is 0 Å². The van der Waals surface area contributed by atoms with Gasteiger partial charge in [0.25, 0.3) is 0 Å². The third-order valence-electron chi connectivity index (χ3n) is 4.05. The van der Waals surface area contributed by atoms with E-state index in [-0.39, 0.29) is 6.42 Å². The number of ether oxygens (including phenoxy) is 3. The van der Waals surface area contributed by atoms with E-state index < -0.39 is 68.0 Å². The molecule has 0 radical (unpaired) electrons. The molecule has 10 atom stereocenters. The van der Waals surface area contributed by atoms with E-state index in [1.54, 1.807) is 6.92 Å². The normalized spacial score (nSPS) is 55.5. The molecular weight excluding hydrogens is 316 g/mol. The van der Waals surface area contributed by atoms with Gasteiger partial charge in [-0.05, 0) is 6.42 Å². The van der Waals surface area contributed by atoms with Crippen LogP contribution in [0.15, 0.2) is 0 Å². The van der Waals surface area contributed by atoms with Crippen LogP contribution in [0.2, 0.25) is 0 Å². The van der Waals surface area contributed by atoms with Crippen molar-refractivity contribution in [3.63, 3.8) is 0 Å². The molecule has 0 aromatic rings. The van der Waals surface area contributed by atoms with Crippen LogP contribution in [-0.2, 0) is 14.2 Å². The Labute approximate surface area is 133 Å². The van der Waals surface area contributed by atoms with E-state index in [0.29, 0.717) is 0 Å². The standard InChI is InChI=1S/C13H24O10/c1-2-4-6(15)8(17)10(19)12(21-4)23-13-11(20)9(18)7(16)5(3-14)22-13/h4-20H,2-3H2,1H3/t4-,5?,6-,7-,8?,9+,10?,11?,12+,13+/m1/s1/i12D. The van der Waals surface area contributed by atoms with Crippen LogP contribution >= 0.6 is 0 Å². The van der Waals surface area contributed by atoms with Crippen molar-refractivity contribution in [2.75, 3.05) is 6.61 Å². The Morgan fingerprint density at radius 1 is 0.826 bits per heavy atom. The number of aliphatic hydroxyl groups is 7. The van der Waals surface area contributed by atoms with Gasteiger partial charge in [-0.3, -0.25) is 0 Å². The maximum absolute atomic E-state index is 9.99. The minimum Gasteiger partial charge on any atom is -0.394 e. The van der Waals surface area contributed by atoms with Gasteiger partial charge in [-0.15, -0.1) is 0 Å². The quantitative estimate of drug-likeness (QED) is 0.268. The lowest BCUT2D eigenvalue weighted by molar-refractivity contribution is -0.375. The predicted octanol–water partition coefficient (Wildman–Crippen LogP) is -3.98. The second-order valence-corrected chi connectivity index (χ2v) is 5.62. The van der Waals surface area contributed by atoms with Gasteiger partial charge in [0, 0.05) is 0 Å². The van der Waals surface area contributed by atoms with Crippen molar-refractivity contribution in [2.24, 2.45) is 0 Å². The molecule has 0 aromatic heterocycles. The lowest BCUT2D eigenvalue weighted by Gasteiger charge is -2.44. The first-order chi connectivity index (χ1) is 11.2. The topological polar surface area (TPSA) is 169 Å². The van der Waals surface area contributed by atoms with Crippen molar-refractivity contribution in [1.82, 2.24) is 0 Å². The van der Waals surface area contributed by atoms with E-state index in [2.05, 4.69) is 0 Å². The molecule has 10 nitrogen and oxygen atoms in total. The van der Waals surface area contributed by atoms with Crippen molar-refractivity contribution in [3.8, 4) is 0 Å². The molecule has 0 bridgehead atoms. The molecule has 136 valence electrons. The van der Waals surface area contributed by atoms with E-state index in [4.69, 9.17) is 20.7 Å². The van der Waals surface area contributed by atoms with Crippen LogP contribution in [-0.4, -0.2) is 104 Å². The second-order valence-electron chi connectivity index (χ2n) is 5.62. The Hall–Kier alpha value is -0.400. The predicted molar refractivity (Wildman–Crippen MR) is 71.8 cm³/mol. The third-order valence-corrected chi connectivity index (χ3v) is 4.05. The van der Waals surface area contributed by atoms with E-state index in [1.807, 2.05) is 0 Å². The molecule has 0 spiro atoms. The smallest absolute Gasteiger partial charge is 0.189 e. The lowest BCUT2D eigenvalue weighted by Crippen LogP contribution is -2.63. The van der Waals surface area contributed by atoms with Gasteiger partial charge in [0.05, 0.1) is 14.1 Å². The van der Waals surface area contributed by atoms with Crippen LogP contribution in [0.5, 0.6) is 0 Å². The van der Waals surface area contributed by atoms with E-state index in [0.717, 1.165) is 0 Å². The first-order valence-corrected chi connectivity index (χ1v) is 7.36. The summed E-state index contributed by atoms with van der Waals surface area (Å²) in [5.74, 6) is 0. The van der Waals surface area contributed by atoms with Gasteiger partial charge in [-0.1, -0.05) is 6.92 Å². The summed E-state index contributed by atoms with van der Waals surface area (Å²) in [5, 5.41) is 68.1. The highest BCUT2D eigenvalue weighted by molar-refractivity contribution is 4.92. The van der Waals surface area contributed by atoms with Crippen molar-refractivity contribution in [1.29, 1.82) is 0 Å². The summed E-state index contributed by atoms with van der Waals surface area (Å²) in [7, 11) is 0. The lowest BCUT2D eigenvalue weighted by atomic mass is 9.97. The Morgan fingerprint density at radius 3 is 1.96 bits per heavy atom. The summed E-state index contributed by atoms with van der Waals surface area (Å²) in [4.78, 5) is 0.